The topological polar surface area (TPSA) is 46.5 Å². The number of hydrogen-bond acceptors (Lipinski definition) is 2. The van der Waals surface area contributed by atoms with Gasteiger partial charge in [-0.2, -0.15) is 0 Å². The fourth-order valence-corrected chi connectivity index (χ4v) is 4.28. The minimum atomic E-state index is -3.84. The van der Waals surface area contributed by atoms with Crippen LogP contribution < -0.4 is 9.83 Å². The van der Waals surface area contributed by atoms with Gasteiger partial charge in [0.25, 0.3) is 0 Å². The summed E-state index contributed by atoms with van der Waals surface area (Å²) < 4.78 is 17.9. The first-order valence-corrected chi connectivity index (χ1v) is 9.00. The summed E-state index contributed by atoms with van der Waals surface area (Å²) >= 11 is 0. The molecule has 4 rings (SSSR count). The Morgan fingerprint density at radius 3 is 2.33 bits per heavy atom. The van der Waals surface area contributed by atoms with Gasteiger partial charge in [0.1, 0.15) is 5.75 Å². The fraction of sp³-hybridized carbons (Fsp3) is 0.0526. The third-order valence-corrected chi connectivity index (χ3v) is 5.44. The zero-order valence-corrected chi connectivity index (χ0v) is 13.2. The van der Waals surface area contributed by atoms with E-state index in [-0.39, 0.29) is 48.9 Å². The van der Waals surface area contributed by atoms with Gasteiger partial charge in [-0.1, -0.05) is 60.7 Å². The van der Waals surface area contributed by atoms with E-state index in [1.54, 1.807) is 18.2 Å². The Morgan fingerprint density at radius 2 is 1.54 bits per heavy atom. The van der Waals surface area contributed by atoms with Crippen molar-refractivity contribution < 1.29 is 14.0 Å². The number of hydrogen-bond donors (Lipinski definition) is 1. The molecule has 1 unspecified atom stereocenters. The van der Waals surface area contributed by atoms with Crippen LogP contribution >= 0.6 is 7.60 Å². The maximum atomic E-state index is 12.6. The van der Waals surface area contributed by atoms with Crippen LogP contribution in [0.25, 0.3) is 11.1 Å². The van der Waals surface area contributed by atoms with Gasteiger partial charge in [0.15, 0.2) is 0 Å². The van der Waals surface area contributed by atoms with Crippen molar-refractivity contribution in [2.45, 2.75) is 6.42 Å². The van der Waals surface area contributed by atoms with Crippen molar-refractivity contribution in [3.05, 3.63) is 83.9 Å². The van der Waals surface area contributed by atoms with Crippen LogP contribution in [-0.2, 0) is 11.0 Å². The monoisotopic (exact) mass is 462 g/mol. The molecule has 1 aliphatic rings. The molecule has 24 heavy (non-hydrogen) atoms. The fourth-order valence-electron chi connectivity index (χ4n) is 2.93. The van der Waals surface area contributed by atoms with Gasteiger partial charge in [0.2, 0.25) is 0 Å². The van der Waals surface area contributed by atoms with Crippen LogP contribution in [0.15, 0.2) is 72.8 Å². The van der Waals surface area contributed by atoms with Crippen LogP contribution in [0.3, 0.4) is 0 Å². The standard InChI is InChI=1S/C19H15O3P.Ba.2H/c20-23(21)19-13-15(12-14-6-2-1-3-7-14)10-11-17(19)16-8-4-5-9-18(16)22-23;;;/h1-11,13H,12H2,(H,20,21);;;. The second-order valence-corrected chi connectivity index (χ2v) is 7.33. The molecule has 0 amide bonds. The van der Waals surface area contributed by atoms with Gasteiger partial charge in [0, 0.05) is 11.1 Å². The molecular weight excluding hydrogens is 445 g/mol. The van der Waals surface area contributed by atoms with E-state index in [0.717, 1.165) is 28.7 Å². The average molecular weight is 462 g/mol. The molecule has 0 saturated carbocycles. The summed E-state index contributed by atoms with van der Waals surface area (Å²) in [5.74, 6) is 0.460. The van der Waals surface area contributed by atoms with Crippen LogP contribution in [0, 0.1) is 0 Å². The summed E-state index contributed by atoms with van der Waals surface area (Å²) in [6.07, 6.45) is 0.718. The normalized spacial score (nSPS) is 17.9. The molecule has 3 aromatic rings. The summed E-state index contributed by atoms with van der Waals surface area (Å²) in [7, 11) is -3.84. The Morgan fingerprint density at radius 1 is 0.833 bits per heavy atom. The third kappa shape index (κ3) is 3.44. The molecule has 0 saturated heterocycles. The quantitative estimate of drug-likeness (QED) is 0.471. The minimum absolute atomic E-state index is 0. The van der Waals surface area contributed by atoms with Crippen molar-refractivity contribution in [1.29, 1.82) is 0 Å². The van der Waals surface area contributed by atoms with Gasteiger partial charge < -0.3 is 9.42 Å². The van der Waals surface area contributed by atoms with E-state index in [4.69, 9.17) is 4.52 Å². The Labute approximate surface area is 181 Å². The number of para-hydroxylation sites is 1. The average Bonchev–Trinajstić information content (AvgIpc) is 2.56. The first-order valence-electron chi connectivity index (χ1n) is 7.43. The van der Waals surface area contributed by atoms with Crippen LogP contribution in [0.1, 0.15) is 11.1 Å². The predicted octanol–water partition coefficient (Wildman–Crippen LogP) is 3.23. The molecule has 0 bridgehead atoms. The Bertz CT molecular complexity index is 925. The van der Waals surface area contributed by atoms with E-state index in [2.05, 4.69) is 0 Å². The molecule has 0 spiro atoms. The first kappa shape index (κ1) is 18.0. The second-order valence-electron chi connectivity index (χ2n) is 5.62. The van der Waals surface area contributed by atoms with E-state index in [9.17, 15) is 9.46 Å². The van der Waals surface area contributed by atoms with Gasteiger partial charge in [-0.15, -0.1) is 0 Å². The summed E-state index contributed by atoms with van der Waals surface area (Å²) in [5, 5.41) is 0.379. The molecule has 1 atom stereocenters. The zero-order chi connectivity index (χ0) is 15.9. The number of rotatable bonds is 2. The molecule has 0 aromatic heterocycles. The van der Waals surface area contributed by atoms with Crippen LogP contribution in [-0.4, -0.2) is 53.8 Å². The Balaban J connectivity index is 0.00000169. The molecule has 5 heteroatoms. The van der Waals surface area contributed by atoms with Crippen LogP contribution in [0.4, 0.5) is 0 Å². The molecule has 1 N–H and O–H groups in total. The van der Waals surface area contributed by atoms with Crippen molar-refractivity contribution in [2.75, 3.05) is 0 Å². The van der Waals surface area contributed by atoms with Gasteiger partial charge in [-0.05, 0) is 29.7 Å². The van der Waals surface area contributed by atoms with Crippen molar-refractivity contribution in [3.63, 3.8) is 0 Å². The first-order chi connectivity index (χ1) is 11.1. The van der Waals surface area contributed by atoms with E-state index in [1.165, 1.54) is 0 Å². The molecule has 118 valence electrons. The maximum absolute atomic E-state index is 12.6. The molecular formula is C19H17BaO3P. The number of benzene rings is 3. The van der Waals surface area contributed by atoms with Gasteiger partial charge in [0.05, 0.1) is 5.30 Å². The van der Waals surface area contributed by atoms with Crippen molar-refractivity contribution in [3.8, 4) is 16.9 Å². The predicted molar refractivity (Wildman–Crippen MR) is 99.8 cm³/mol. The molecule has 1 heterocycles. The van der Waals surface area contributed by atoms with E-state index >= 15 is 0 Å². The van der Waals surface area contributed by atoms with Crippen molar-refractivity contribution >= 4 is 61.8 Å². The third-order valence-electron chi connectivity index (χ3n) is 4.02. The molecule has 3 aromatic carbocycles. The van der Waals surface area contributed by atoms with Crippen LogP contribution in [0.5, 0.6) is 5.75 Å². The SMILES string of the molecule is O=P1(O)Oc2ccccc2-c2ccc(Cc3ccccc3)cc21.[BaH2]. The van der Waals surface area contributed by atoms with E-state index < -0.39 is 7.60 Å². The summed E-state index contributed by atoms with van der Waals surface area (Å²) in [5.41, 5.74) is 3.79. The summed E-state index contributed by atoms with van der Waals surface area (Å²) in [4.78, 5) is 10.3. The van der Waals surface area contributed by atoms with Gasteiger partial charge >= 0.3 is 56.5 Å². The molecule has 0 radical (unpaired) electrons. The molecule has 0 fully saturated rings. The zero-order valence-electron chi connectivity index (χ0n) is 12.3. The summed E-state index contributed by atoms with van der Waals surface area (Å²) in [6, 6.07) is 23.1. The Kier molecular flexibility index (Phi) is 5.43. The molecule has 1 aliphatic heterocycles. The second kappa shape index (κ2) is 7.22. The van der Waals surface area contributed by atoms with Crippen molar-refractivity contribution in [2.24, 2.45) is 0 Å². The van der Waals surface area contributed by atoms with E-state index in [0.29, 0.717) is 11.1 Å². The van der Waals surface area contributed by atoms with Gasteiger partial charge in [-0.3, -0.25) is 0 Å². The van der Waals surface area contributed by atoms with Crippen molar-refractivity contribution in [1.82, 2.24) is 0 Å². The van der Waals surface area contributed by atoms with E-state index in [1.807, 2.05) is 54.6 Å². The van der Waals surface area contributed by atoms with Crippen LogP contribution in [0.2, 0.25) is 0 Å². The molecule has 0 aliphatic carbocycles. The Hall–Kier alpha value is -0.779. The van der Waals surface area contributed by atoms with Gasteiger partial charge in [-0.25, -0.2) is 4.57 Å². The molecule has 3 nitrogen and oxygen atoms in total. The number of fused-ring (bicyclic) bond motifs is 3. The summed E-state index contributed by atoms with van der Waals surface area (Å²) in [6.45, 7) is 0.